The van der Waals surface area contributed by atoms with Crippen LogP contribution >= 0.6 is 0 Å². The van der Waals surface area contributed by atoms with Gasteiger partial charge in [-0.1, -0.05) is 38.5 Å². The molecular weight excluding hydrogens is 396 g/mol. The Labute approximate surface area is 196 Å². The Balaban J connectivity index is 1.71. The van der Waals surface area contributed by atoms with Gasteiger partial charge in [0, 0.05) is 23.4 Å². The van der Waals surface area contributed by atoms with E-state index >= 15 is 0 Å². The predicted octanol–water partition coefficient (Wildman–Crippen LogP) is 4.34. The molecule has 32 heavy (non-hydrogen) atoms. The number of aliphatic hydroxyl groups is 2. The molecule has 4 rings (SSSR count). The van der Waals surface area contributed by atoms with E-state index in [2.05, 4.69) is 77.8 Å². The van der Waals surface area contributed by atoms with Crippen LogP contribution in [0.2, 0.25) is 0 Å². The summed E-state index contributed by atoms with van der Waals surface area (Å²) in [6.07, 6.45) is 11.4. The van der Waals surface area contributed by atoms with E-state index in [1.807, 2.05) is 0 Å². The molecule has 0 aromatic heterocycles. The second kappa shape index (κ2) is 8.22. The summed E-state index contributed by atoms with van der Waals surface area (Å²) in [7, 11) is 8.64. The van der Waals surface area contributed by atoms with Crippen molar-refractivity contribution in [1.29, 1.82) is 0 Å². The van der Waals surface area contributed by atoms with Crippen molar-refractivity contribution in [2.24, 2.45) is 34.0 Å². The second-order valence-corrected chi connectivity index (χ2v) is 12.8. The van der Waals surface area contributed by atoms with E-state index in [9.17, 15) is 10.2 Å². The normalized spacial score (nSPS) is 47.3. The Hall–Kier alpha value is -0.680. The maximum Gasteiger partial charge on any atom is 0.0594 e. The Morgan fingerprint density at radius 2 is 1.69 bits per heavy atom. The van der Waals surface area contributed by atoms with Crippen LogP contribution in [0.5, 0.6) is 0 Å². The van der Waals surface area contributed by atoms with Crippen molar-refractivity contribution >= 4 is 0 Å². The van der Waals surface area contributed by atoms with Crippen LogP contribution in [0, 0.1) is 34.0 Å². The van der Waals surface area contributed by atoms with Crippen molar-refractivity contribution in [2.45, 2.75) is 84.4 Å². The van der Waals surface area contributed by atoms with Crippen LogP contribution in [0.15, 0.2) is 23.3 Å². The number of hydrogen-bond donors (Lipinski definition) is 2. The van der Waals surface area contributed by atoms with Gasteiger partial charge in [-0.15, -0.1) is 0 Å². The van der Waals surface area contributed by atoms with E-state index in [0.29, 0.717) is 29.8 Å². The third-order valence-corrected chi connectivity index (χ3v) is 11.1. The summed E-state index contributed by atoms with van der Waals surface area (Å²) in [5.41, 5.74) is 3.20. The lowest BCUT2D eigenvalue weighted by atomic mass is 9.51. The first-order chi connectivity index (χ1) is 14.9. The van der Waals surface area contributed by atoms with Crippen LogP contribution in [0.4, 0.5) is 0 Å². The smallest absolute Gasteiger partial charge is 0.0594 e. The van der Waals surface area contributed by atoms with E-state index in [1.165, 1.54) is 5.57 Å². The minimum absolute atomic E-state index is 0.0942. The van der Waals surface area contributed by atoms with Crippen LogP contribution in [-0.4, -0.2) is 73.0 Å². The molecule has 9 atom stereocenters. The van der Waals surface area contributed by atoms with Gasteiger partial charge in [-0.25, -0.2) is 0 Å². The first kappa shape index (κ1) is 24.4. The lowest BCUT2D eigenvalue weighted by Gasteiger charge is -2.53. The summed E-state index contributed by atoms with van der Waals surface area (Å²) >= 11 is 0. The van der Waals surface area contributed by atoms with Crippen LogP contribution in [0.25, 0.3) is 0 Å². The van der Waals surface area contributed by atoms with Gasteiger partial charge < -0.3 is 20.0 Å². The average Bonchev–Trinajstić information content (AvgIpc) is 2.84. The molecule has 2 fully saturated rings. The van der Waals surface area contributed by atoms with Crippen molar-refractivity contribution in [3.63, 3.8) is 0 Å². The molecule has 0 aromatic rings. The molecule has 0 amide bonds. The number of hydrogen-bond acceptors (Lipinski definition) is 4. The molecule has 4 heteroatoms. The highest BCUT2D eigenvalue weighted by Crippen LogP contribution is 2.68. The largest absolute Gasteiger partial charge is 0.396 e. The molecule has 0 aliphatic heterocycles. The molecule has 2 saturated carbocycles. The molecule has 0 saturated heterocycles. The SMILES string of the molecule is C[C@@H]([C@H]1[C@@H](O)C[C@@]2(C)[C@@H]3CC[C@@H]4C(=CC3=CC[C@]12C)CC[C@H](N(C)C)[C@@]4(C)CO)N(C)C. The first-order valence-electron chi connectivity index (χ1n) is 12.9. The van der Waals surface area contributed by atoms with Crippen LogP contribution in [0.1, 0.15) is 66.2 Å². The number of allylic oxidation sites excluding steroid dienone is 4. The van der Waals surface area contributed by atoms with Crippen LogP contribution in [0.3, 0.4) is 0 Å². The lowest BCUT2D eigenvalue weighted by molar-refractivity contribution is -0.0297. The molecule has 0 radical (unpaired) electrons. The molecule has 4 aliphatic rings. The zero-order valence-corrected chi connectivity index (χ0v) is 21.9. The van der Waals surface area contributed by atoms with E-state index in [4.69, 9.17) is 0 Å². The van der Waals surface area contributed by atoms with E-state index in [0.717, 1.165) is 38.5 Å². The summed E-state index contributed by atoms with van der Waals surface area (Å²) in [5.74, 6) is 1.23. The standard InChI is InChI=1S/C28H48N2O2/c1-18(29(5)6)25-23(32)16-28(4)22-11-10-21-19(15-20(22)13-14-27(25,28)3)9-12-24(30(7)8)26(21,2)17-31/h13,15,18,21-25,31-32H,9-12,14,16-17H2,1-8H3/t18-,21+,22+,23-,24-,25-,26-,27+,28-/m0/s1. The summed E-state index contributed by atoms with van der Waals surface area (Å²) in [4.78, 5) is 4.63. The lowest BCUT2D eigenvalue weighted by Crippen LogP contribution is -2.52. The van der Waals surface area contributed by atoms with Crippen LogP contribution < -0.4 is 0 Å². The van der Waals surface area contributed by atoms with Gasteiger partial charge in [0.2, 0.25) is 0 Å². The minimum Gasteiger partial charge on any atom is -0.396 e. The highest BCUT2D eigenvalue weighted by Gasteiger charge is 2.64. The molecular formula is C28H48N2O2. The summed E-state index contributed by atoms with van der Waals surface area (Å²) in [6, 6.07) is 0.778. The molecule has 2 N–H and O–H groups in total. The molecule has 0 aromatic carbocycles. The van der Waals surface area contributed by atoms with Crippen molar-refractivity contribution < 1.29 is 10.2 Å². The second-order valence-electron chi connectivity index (χ2n) is 12.8. The number of nitrogens with zero attached hydrogens (tertiary/aromatic N) is 2. The number of rotatable bonds is 4. The molecule has 0 bridgehead atoms. The zero-order valence-electron chi connectivity index (χ0n) is 21.9. The van der Waals surface area contributed by atoms with E-state index in [-0.39, 0.29) is 29.0 Å². The first-order valence-corrected chi connectivity index (χ1v) is 12.9. The van der Waals surface area contributed by atoms with Crippen molar-refractivity contribution in [2.75, 3.05) is 34.8 Å². The van der Waals surface area contributed by atoms with Crippen molar-refractivity contribution in [3.8, 4) is 0 Å². The molecule has 182 valence electrons. The zero-order chi connectivity index (χ0) is 23.6. The Morgan fingerprint density at radius 1 is 1.03 bits per heavy atom. The highest BCUT2D eigenvalue weighted by molar-refractivity contribution is 5.38. The Morgan fingerprint density at radius 3 is 2.28 bits per heavy atom. The van der Waals surface area contributed by atoms with Gasteiger partial charge in [-0.3, -0.25) is 0 Å². The van der Waals surface area contributed by atoms with Gasteiger partial charge in [0.1, 0.15) is 0 Å². The van der Waals surface area contributed by atoms with Crippen molar-refractivity contribution in [1.82, 2.24) is 9.80 Å². The van der Waals surface area contributed by atoms with Gasteiger partial charge in [-0.05, 0) is 102 Å². The summed E-state index contributed by atoms with van der Waals surface area (Å²) in [6.45, 7) is 9.81. The van der Waals surface area contributed by atoms with Gasteiger partial charge in [-0.2, -0.15) is 0 Å². The minimum atomic E-state index is -0.242. The molecule has 4 aliphatic carbocycles. The van der Waals surface area contributed by atoms with Crippen molar-refractivity contribution in [3.05, 3.63) is 23.3 Å². The maximum absolute atomic E-state index is 11.3. The Kier molecular flexibility index (Phi) is 6.28. The van der Waals surface area contributed by atoms with E-state index in [1.54, 1.807) is 5.57 Å². The van der Waals surface area contributed by atoms with E-state index < -0.39 is 0 Å². The summed E-state index contributed by atoms with van der Waals surface area (Å²) in [5, 5.41) is 21.9. The topological polar surface area (TPSA) is 46.9 Å². The fraction of sp³-hybridized carbons (Fsp3) is 0.857. The van der Waals surface area contributed by atoms with Gasteiger partial charge >= 0.3 is 0 Å². The Bertz CT molecular complexity index is 788. The quantitative estimate of drug-likeness (QED) is 0.677. The third-order valence-electron chi connectivity index (χ3n) is 11.1. The highest BCUT2D eigenvalue weighted by atomic mass is 16.3. The van der Waals surface area contributed by atoms with Crippen LogP contribution in [-0.2, 0) is 0 Å². The predicted molar refractivity (Wildman–Crippen MR) is 132 cm³/mol. The number of fused-ring (bicyclic) bond motifs is 4. The molecule has 0 heterocycles. The maximum atomic E-state index is 11.3. The molecule has 0 spiro atoms. The third kappa shape index (κ3) is 3.31. The van der Waals surface area contributed by atoms with Gasteiger partial charge in [0.15, 0.2) is 0 Å². The molecule has 4 nitrogen and oxygen atoms in total. The average molecular weight is 445 g/mol. The fourth-order valence-corrected chi connectivity index (χ4v) is 8.93. The number of aliphatic hydroxyl groups excluding tert-OH is 2. The monoisotopic (exact) mass is 444 g/mol. The van der Waals surface area contributed by atoms with Gasteiger partial charge in [0.25, 0.3) is 0 Å². The van der Waals surface area contributed by atoms with Gasteiger partial charge in [0.05, 0.1) is 12.7 Å². The summed E-state index contributed by atoms with van der Waals surface area (Å²) < 4.78 is 0. The molecule has 0 unspecified atom stereocenters. The fourth-order valence-electron chi connectivity index (χ4n) is 8.93.